The number of halogens is 3. The molecule has 0 aliphatic rings. The molecule has 0 aromatic carbocycles. The molecule has 3 atom stereocenters. The Hall–Kier alpha value is -2.04. The van der Waals surface area contributed by atoms with Gasteiger partial charge in [-0.25, -0.2) is 0 Å². The van der Waals surface area contributed by atoms with Crippen molar-refractivity contribution in [2.75, 3.05) is 5.75 Å². The Morgan fingerprint density at radius 1 is 0.970 bits per heavy atom. The van der Waals surface area contributed by atoms with Gasteiger partial charge in [-0.05, 0) is 38.5 Å². The molecule has 10 heteroatoms. The maximum atomic E-state index is 12.0. The van der Waals surface area contributed by atoms with Gasteiger partial charge in [-0.3, -0.25) is 9.59 Å². The molecule has 0 rings (SSSR count). The van der Waals surface area contributed by atoms with E-state index in [0.717, 1.165) is 0 Å². The normalized spacial score (nSPS) is 15.7. The smallest absolute Gasteiger partial charge is 0.389 e. The highest BCUT2D eigenvalue weighted by Gasteiger charge is 2.25. The highest BCUT2D eigenvalue weighted by molar-refractivity contribution is 8.00. The average Bonchev–Trinajstić information content (AvgIpc) is 2.71. The molecule has 188 valence electrons. The Bertz CT molecular complexity index is 677. The summed E-state index contributed by atoms with van der Waals surface area (Å²) in [6.07, 6.45) is 11.1. The number of carboxylic acids is 2. The van der Waals surface area contributed by atoms with E-state index in [0.29, 0.717) is 25.7 Å². The first-order valence-electron chi connectivity index (χ1n) is 10.7. The lowest BCUT2D eigenvalue weighted by Gasteiger charge is -2.20. The van der Waals surface area contributed by atoms with Gasteiger partial charge < -0.3 is 21.1 Å². The Labute approximate surface area is 197 Å². The summed E-state index contributed by atoms with van der Waals surface area (Å²) in [7, 11) is 0. The van der Waals surface area contributed by atoms with Gasteiger partial charge in [0.05, 0.1) is 6.10 Å². The fraction of sp³-hybridized carbons (Fsp3) is 0.565. The van der Waals surface area contributed by atoms with E-state index in [1.54, 1.807) is 24.3 Å². The summed E-state index contributed by atoms with van der Waals surface area (Å²) >= 11 is 1.20. The summed E-state index contributed by atoms with van der Waals surface area (Å²) < 4.78 is 36.1. The van der Waals surface area contributed by atoms with Crippen LogP contribution in [0.1, 0.15) is 51.4 Å². The predicted octanol–water partition coefficient (Wildman–Crippen LogP) is 4.85. The Balaban J connectivity index is 4.43. The molecular formula is C23H34F3NO5S. The molecular weight excluding hydrogens is 459 g/mol. The summed E-state index contributed by atoms with van der Waals surface area (Å²) in [5.74, 6) is -1.97. The number of rotatable bonds is 18. The number of aliphatic carboxylic acids is 2. The van der Waals surface area contributed by atoms with Crippen molar-refractivity contribution in [3.8, 4) is 0 Å². The van der Waals surface area contributed by atoms with Crippen LogP contribution in [0.15, 0.2) is 48.6 Å². The zero-order valence-electron chi connectivity index (χ0n) is 18.5. The topological polar surface area (TPSA) is 121 Å². The molecule has 0 bridgehead atoms. The van der Waals surface area contributed by atoms with E-state index in [1.807, 2.05) is 24.3 Å². The van der Waals surface area contributed by atoms with Gasteiger partial charge >= 0.3 is 18.1 Å². The minimum Gasteiger partial charge on any atom is -0.481 e. The lowest BCUT2D eigenvalue weighted by molar-refractivity contribution is -0.138. The molecule has 6 nitrogen and oxygen atoms in total. The van der Waals surface area contributed by atoms with Gasteiger partial charge in [0.25, 0.3) is 0 Å². The molecule has 0 aromatic heterocycles. The van der Waals surface area contributed by atoms with E-state index < -0.39 is 41.9 Å². The maximum Gasteiger partial charge on any atom is 0.389 e. The van der Waals surface area contributed by atoms with E-state index >= 15 is 0 Å². The summed E-state index contributed by atoms with van der Waals surface area (Å²) in [5, 5.41) is 27.5. The van der Waals surface area contributed by atoms with Crippen molar-refractivity contribution in [1.29, 1.82) is 0 Å². The molecule has 5 N–H and O–H groups in total. The number of alkyl halides is 3. The van der Waals surface area contributed by atoms with Crippen molar-refractivity contribution in [2.24, 2.45) is 5.73 Å². The number of allylic oxidation sites excluding steroid dienone is 7. The maximum absolute atomic E-state index is 12.0. The Morgan fingerprint density at radius 3 is 2.30 bits per heavy atom. The number of hydrogen-bond donors (Lipinski definition) is 4. The highest BCUT2D eigenvalue weighted by atomic mass is 32.2. The predicted molar refractivity (Wildman–Crippen MR) is 125 cm³/mol. The molecule has 0 aromatic rings. The first kappa shape index (κ1) is 31.0. The lowest BCUT2D eigenvalue weighted by Crippen LogP contribution is -2.34. The molecule has 3 unspecified atom stereocenters. The van der Waals surface area contributed by atoms with Gasteiger partial charge in [-0.2, -0.15) is 13.2 Å². The van der Waals surface area contributed by atoms with Crippen LogP contribution in [0.2, 0.25) is 0 Å². The number of hydrogen-bond acceptors (Lipinski definition) is 5. The number of unbranched alkanes of at least 4 members (excludes halogenated alkanes) is 2. The molecule has 0 amide bonds. The largest absolute Gasteiger partial charge is 0.481 e. The number of nitrogens with two attached hydrogens (primary N) is 1. The number of aliphatic hydroxyl groups excluding tert-OH is 1. The third kappa shape index (κ3) is 20.3. The molecule has 0 heterocycles. The van der Waals surface area contributed by atoms with Crippen molar-refractivity contribution in [2.45, 2.75) is 74.9 Å². The van der Waals surface area contributed by atoms with Crippen LogP contribution < -0.4 is 5.73 Å². The van der Waals surface area contributed by atoms with Crippen molar-refractivity contribution >= 4 is 23.7 Å². The highest BCUT2D eigenvalue weighted by Crippen LogP contribution is 2.23. The summed E-state index contributed by atoms with van der Waals surface area (Å²) in [5.41, 5.74) is 5.51. The van der Waals surface area contributed by atoms with E-state index in [9.17, 15) is 27.9 Å². The number of aliphatic hydroxyl groups is 1. The molecule has 33 heavy (non-hydrogen) atoms. The summed E-state index contributed by atoms with van der Waals surface area (Å²) in [4.78, 5) is 21.5. The first-order chi connectivity index (χ1) is 15.5. The van der Waals surface area contributed by atoms with Gasteiger partial charge in [0.2, 0.25) is 0 Å². The monoisotopic (exact) mass is 493 g/mol. The van der Waals surface area contributed by atoms with Gasteiger partial charge in [-0.15, -0.1) is 11.8 Å². The molecule has 0 radical (unpaired) electrons. The van der Waals surface area contributed by atoms with Gasteiger partial charge in [0.1, 0.15) is 6.04 Å². The molecule has 0 aliphatic heterocycles. The third-order valence-corrected chi connectivity index (χ3v) is 5.75. The molecule has 0 saturated carbocycles. The van der Waals surface area contributed by atoms with Crippen molar-refractivity contribution in [1.82, 2.24) is 0 Å². The molecule has 0 spiro atoms. The lowest BCUT2D eigenvalue weighted by atomic mass is 10.1. The number of carbonyl (C=O) groups is 2. The Morgan fingerprint density at radius 2 is 1.67 bits per heavy atom. The fourth-order valence-electron chi connectivity index (χ4n) is 2.55. The van der Waals surface area contributed by atoms with Gasteiger partial charge in [0.15, 0.2) is 0 Å². The van der Waals surface area contributed by atoms with Crippen molar-refractivity contribution < 1.29 is 38.1 Å². The number of thioether (sulfide) groups is 1. The van der Waals surface area contributed by atoms with Crippen LogP contribution in [0, 0.1) is 0 Å². The van der Waals surface area contributed by atoms with Crippen molar-refractivity contribution in [3.63, 3.8) is 0 Å². The second-order valence-corrected chi connectivity index (χ2v) is 8.57. The van der Waals surface area contributed by atoms with Crippen LogP contribution in [0.25, 0.3) is 0 Å². The standard InChI is InChI=1S/C23H34F3NO5S/c24-23(25,26)16-11-9-7-5-3-1-2-4-6-8-10-14-20(33-17-18(27)22(31)32)19(28)13-12-15-21(29)30/h2-6,8,10,14,18-20,28H,1,7,9,11-13,15-17,27H2,(H,29,30)(H,31,32)/b4-2+,5-3+,8-6+,14-10+. The van der Waals surface area contributed by atoms with Crippen LogP contribution in [-0.4, -0.2) is 56.6 Å². The number of carboxylic acid groups (broad SMARTS) is 2. The SMILES string of the molecule is NC(CSC(/C=C/C=C/C=C/C/C=C/CCCCC(F)(F)F)C(O)CCCC(=O)O)C(=O)O. The molecule has 0 aliphatic carbocycles. The summed E-state index contributed by atoms with van der Waals surface area (Å²) in [6, 6.07) is -1.06. The fourth-order valence-corrected chi connectivity index (χ4v) is 3.68. The molecule has 0 saturated heterocycles. The van der Waals surface area contributed by atoms with Crippen LogP contribution >= 0.6 is 11.8 Å². The first-order valence-corrected chi connectivity index (χ1v) is 11.8. The van der Waals surface area contributed by atoms with Crippen LogP contribution in [0.3, 0.4) is 0 Å². The average molecular weight is 494 g/mol. The van der Waals surface area contributed by atoms with Crippen LogP contribution in [0.5, 0.6) is 0 Å². The zero-order chi connectivity index (χ0) is 25.1. The van der Waals surface area contributed by atoms with Gasteiger partial charge in [-0.1, -0.05) is 48.6 Å². The minimum atomic E-state index is -4.09. The minimum absolute atomic E-state index is 0.0560. The zero-order valence-corrected chi connectivity index (χ0v) is 19.3. The van der Waals surface area contributed by atoms with E-state index in [2.05, 4.69) is 0 Å². The van der Waals surface area contributed by atoms with Gasteiger partial charge in [0, 0.05) is 23.8 Å². The van der Waals surface area contributed by atoms with E-state index in [-0.39, 0.29) is 25.0 Å². The van der Waals surface area contributed by atoms with Crippen LogP contribution in [0.4, 0.5) is 13.2 Å². The summed E-state index contributed by atoms with van der Waals surface area (Å²) in [6.45, 7) is 0. The van der Waals surface area contributed by atoms with Crippen LogP contribution in [-0.2, 0) is 9.59 Å². The quantitative estimate of drug-likeness (QED) is 0.122. The molecule has 0 fully saturated rings. The Kier molecular flexibility index (Phi) is 17.3. The third-order valence-electron chi connectivity index (χ3n) is 4.35. The van der Waals surface area contributed by atoms with E-state index in [1.165, 1.54) is 11.8 Å². The van der Waals surface area contributed by atoms with Crippen molar-refractivity contribution in [3.05, 3.63) is 48.6 Å². The second-order valence-electron chi connectivity index (χ2n) is 7.36. The second kappa shape index (κ2) is 18.4. The van der Waals surface area contributed by atoms with E-state index in [4.69, 9.17) is 15.9 Å².